The Bertz CT molecular complexity index is 889. The van der Waals surface area contributed by atoms with Gasteiger partial charge in [-0.2, -0.15) is 0 Å². The monoisotopic (exact) mass is 461 g/mol. The Morgan fingerprint density at radius 3 is 2.62 bits per heavy atom. The Morgan fingerprint density at radius 1 is 1.22 bits per heavy atom. The maximum atomic E-state index is 13.4. The molecule has 0 saturated heterocycles. The number of hydrogen-bond acceptors (Lipinski definition) is 6. The van der Waals surface area contributed by atoms with E-state index in [1.807, 2.05) is 0 Å². The summed E-state index contributed by atoms with van der Waals surface area (Å²) in [7, 11) is 1.54. The summed E-state index contributed by atoms with van der Waals surface area (Å²) < 4.78 is 11.0. The smallest absolute Gasteiger partial charge is 0.261 e. The second kappa shape index (κ2) is 11.8. The van der Waals surface area contributed by atoms with Gasteiger partial charge >= 0.3 is 0 Å². The van der Waals surface area contributed by atoms with Crippen LogP contribution in [0, 0.1) is 6.92 Å². The minimum absolute atomic E-state index is 0.0905. The summed E-state index contributed by atoms with van der Waals surface area (Å²) in [6, 6.07) is 6.11. The van der Waals surface area contributed by atoms with Crippen LogP contribution >= 0.6 is 11.3 Å². The van der Waals surface area contributed by atoms with Crippen molar-refractivity contribution in [2.24, 2.45) is 0 Å². The molecule has 0 spiro atoms. The number of thiophene rings is 1. The van der Waals surface area contributed by atoms with E-state index in [0.717, 1.165) is 25.7 Å². The minimum Gasteiger partial charge on any atom is -0.464 e. The number of nitrogens with zero attached hydrogens (tertiary/aromatic N) is 1. The summed E-state index contributed by atoms with van der Waals surface area (Å²) in [5.74, 6) is 0.0626. The van der Waals surface area contributed by atoms with Crippen LogP contribution < -0.4 is 10.6 Å². The normalized spacial score (nSPS) is 15.2. The van der Waals surface area contributed by atoms with Gasteiger partial charge in [0.05, 0.1) is 18.0 Å². The fraction of sp³-hybridized carbons (Fsp3) is 0.522. The first kappa shape index (κ1) is 24.0. The number of rotatable bonds is 10. The molecule has 2 N–H and O–H groups in total. The van der Waals surface area contributed by atoms with Gasteiger partial charge in [0.1, 0.15) is 11.5 Å². The van der Waals surface area contributed by atoms with Crippen LogP contribution in [-0.4, -0.2) is 55.5 Å². The van der Waals surface area contributed by atoms with Crippen LogP contribution in [0.5, 0.6) is 0 Å². The number of furan rings is 1. The van der Waals surface area contributed by atoms with Crippen molar-refractivity contribution >= 4 is 29.1 Å². The van der Waals surface area contributed by atoms with Crippen molar-refractivity contribution in [3.8, 4) is 0 Å². The zero-order valence-corrected chi connectivity index (χ0v) is 19.4. The summed E-state index contributed by atoms with van der Waals surface area (Å²) in [6.07, 6.45) is 5.19. The van der Waals surface area contributed by atoms with E-state index in [-0.39, 0.29) is 43.5 Å². The number of methoxy groups -OCH3 is 1. The molecular formula is C23H31N3O5S. The lowest BCUT2D eigenvalue weighted by Crippen LogP contribution is -2.50. The standard InChI is InChI=1S/C23H31N3O5S/c1-16-10-11-18(31-16)21(23(29)25-17-7-4-3-5-8-17)26(12-13-30-2)20(27)15-24-22(28)19-9-6-14-32-19/h6,9-11,14,17,21H,3-5,7-8,12-13,15H2,1-2H3,(H,24,28)(H,25,29)/t21-/m0/s1. The highest BCUT2D eigenvalue weighted by Gasteiger charge is 2.35. The molecule has 1 aliphatic rings. The molecule has 8 nitrogen and oxygen atoms in total. The minimum atomic E-state index is -0.938. The van der Waals surface area contributed by atoms with Crippen molar-refractivity contribution in [3.05, 3.63) is 46.0 Å². The molecule has 1 fully saturated rings. The SMILES string of the molecule is COCCN(C(=O)CNC(=O)c1cccs1)[C@H](C(=O)NC1CCCCC1)c1ccc(C)o1. The van der Waals surface area contributed by atoms with Gasteiger partial charge < -0.3 is 24.7 Å². The molecule has 1 atom stereocenters. The number of hydrogen-bond donors (Lipinski definition) is 2. The lowest BCUT2D eigenvalue weighted by Gasteiger charge is -2.32. The molecule has 2 heterocycles. The number of ether oxygens (including phenoxy) is 1. The number of nitrogens with one attached hydrogen (secondary N) is 2. The zero-order chi connectivity index (χ0) is 22.9. The Kier molecular flexibility index (Phi) is 8.87. The Labute approximate surface area is 192 Å². The van der Waals surface area contributed by atoms with Gasteiger partial charge in [-0.3, -0.25) is 14.4 Å². The average Bonchev–Trinajstić information content (AvgIpc) is 3.47. The molecule has 1 aliphatic carbocycles. The lowest BCUT2D eigenvalue weighted by molar-refractivity contribution is -0.142. The molecule has 0 radical (unpaired) electrons. The summed E-state index contributed by atoms with van der Waals surface area (Å²) >= 11 is 1.30. The fourth-order valence-corrected chi connectivity index (χ4v) is 4.53. The molecule has 0 bridgehead atoms. The molecule has 0 unspecified atom stereocenters. The first-order valence-electron chi connectivity index (χ1n) is 11.0. The summed E-state index contributed by atoms with van der Waals surface area (Å²) in [5.41, 5.74) is 0. The summed E-state index contributed by atoms with van der Waals surface area (Å²) in [6.45, 7) is 2.00. The van der Waals surface area contributed by atoms with E-state index in [9.17, 15) is 14.4 Å². The topological polar surface area (TPSA) is 101 Å². The van der Waals surface area contributed by atoms with E-state index < -0.39 is 6.04 Å². The van der Waals surface area contributed by atoms with Crippen molar-refractivity contribution < 1.29 is 23.5 Å². The summed E-state index contributed by atoms with van der Waals surface area (Å²) in [4.78, 5) is 40.8. The zero-order valence-electron chi connectivity index (χ0n) is 18.6. The Hall–Kier alpha value is -2.65. The molecule has 9 heteroatoms. The third kappa shape index (κ3) is 6.43. The van der Waals surface area contributed by atoms with Crippen LogP contribution in [0.3, 0.4) is 0 Å². The quantitative estimate of drug-likeness (QED) is 0.566. The number of carbonyl (C=O) groups is 3. The Balaban J connectivity index is 1.78. The highest BCUT2D eigenvalue weighted by molar-refractivity contribution is 7.12. The second-order valence-electron chi connectivity index (χ2n) is 7.93. The summed E-state index contributed by atoms with van der Waals surface area (Å²) in [5, 5.41) is 7.56. The highest BCUT2D eigenvalue weighted by Crippen LogP contribution is 2.25. The molecule has 0 aromatic carbocycles. The van der Waals surface area contributed by atoms with E-state index in [0.29, 0.717) is 16.4 Å². The van der Waals surface area contributed by atoms with Gasteiger partial charge in [-0.25, -0.2) is 0 Å². The van der Waals surface area contributed by atoms with E-state index >= 15 is 0 Å². The molecule has 2 aromatic heterocycles. The number of amides is 3. The molecule has 1 saturated carbocycles. The van der Waals surface area contributed by atoms with Crippen LogP contribution in [0.15, 0.2) is 34.1 Å². The lowest BCUT2D eigenvalue weighted by atomic mass is 9.95. The maximum absolute atomic E-state index is 13.4. The average molecular weight is 462 g/mol. The maximum Gasteiger partial charge on any atom is 0.261 e. The first-order chi connectivity index (χ1) is 15.5. The predicted molar refractivity (Wildman–Crippen MR) is 121 cm³/mol. The van der Waals surface area contributed by atoms with Crippen molar-refractivity contribution in [2.75, 3.05) is 26.8 Å². The van der Waals surface area contributed by atoms with Crippen LogP contribution in [0.25, 0.3) is 0 Å². The number of aryl methyl sites for hydroxylation is 1. The van der Waals surface area contributed by atoms with Gasteiger partial charge in [-0.15, -0.1) is 11.3 Å². The molecule has 2 aromatic rings. The molecule has 0 aliphatic heterocycles. The number of carbonyl (C=O) groups excluding carboxylic acids is 3. The van der Waals surface area contributed by atoms with Crippen LogP contribution in [0.2, 0.25) is 0 Å². The van der Waals surface area contributed by atoms with Gasteiger partial charge in [0, 0.05) is 19.7 Å². The van der Waals surface area contributed by atoms with E-state index in [1.165, 1.54) is 29.8 Å². The van der Waals surface area contributed by atoms with Crippen molar-refractivity contribution in [1.29, 1.82) is 0 Å². The molecule has 3 rings (SSSR count). The van der Waals surface area contributed by atoms with Gasteiger partial charge in [0.2, 0.25) is 5.91 Å². The van der Waals surface area contributed by atoms with E-state index in [1.54, 1.807) is 36.6 Å². The fourth-order valence-electron chi connectivity index (χ4n) is 3.89. The largest absolute Gasteiger partial charge is 0.464 e. The molecule has 32 heavy (non-hydrogen) atoms. The van der Waals surface area contributed by atoms with Gasteiger partial charge in [-0.05, 0) is 43.3 Å². The third-order valence-corrected chi connectivity index (χ3v) is 6.41. The van der Waals surface area contributed by atoms with Crippen molar-refractivity contribution in [1.82, 2.24) is 15.5 Å². The molecule has 174 valence electrons. The first-order valence-corrected chi connectivity index (χ1v) is 11.8. The van der Waals surface area contributed by atoms with E-state index in [2.05, 4.69) is 10.6 Å². The van der Waals surface area contributed by atoms with E-state index in [4.69, 9.17) is 9.15 Å². The third-order valence-electron chi connectivity index (χ3n) is 5.54. The second-order valence-corrected chi connectivity index (χ2v) is 8.88. The van der Waals surface area contributed by atoms with Gasteiger partial charge in [-0.1, -0.05) is 25.3 Å². The van der Waals surface area contributed by atoms with Crippen LogP contribution in [0.4, 0.5) is 0 Å². The van der Waals surface area contributed by atoms with Crippen molar-refractivity contribution in [2.45, 2.75) is 51.1 Å². The van der Waals surface area contributed by atoms with Gasteiger partial charge in [0.25, 0.3) is 11.8 Å². The Morgan fingerprint density at radius 2 is 2.00 bits per heavy atom. The van der Waals surface area contributed by atoms with Gasteiger partial charge in [0.15, 0.2) is 6.04 Å². The van der Waals surface area contributed by atoms with Crippen molar-refractivity contribution in [3.63, 3.8) is 0 Å². The predicted octanol–water partition coefficient (Wildman–Crippen LogP) is 3.04. The molecule has 3 amide bonds. The molecular weight excluding hydrogens is 430 g/mol. The van der Waals surface area contributed by atoms with Crippen LogP contribution in [-0.2, 0) is 14.3 Å². The van der Waals surface area contributed by atoms with Crippen LogP contribution in [0.1, 0.15) is 59.3 Å². The highest BCUT2D eigenvalue weighted by atomic mass is 32.1.